The molecule has 0 bridgehead atoms. The molecule has 0 unspecified atom stereocenters. The maximum atomic E-state index is 12.6. The fourth-order valence-electron chi connectivity index (χ4n) is 3.94. The molecule has 1 aliphatic carbocycles. The van der Waals surface area contributed by atoms with Gasteiger partial charge in [-0.1, -0.05) is 49.4 Å². The summed E-state index contributed by atoms with van der Waals surface area (Å²) in [6.45, 7) is 1.08. The van der Waals surface area contributed by atoms with E-state index in [4.69, 9.17) is 11.6 Å². The van der Waals surface area contributed by atoms with Gasteiger partial charge in [-0.05, 0) is 37.0 Å². The molecule has 0 spiro atoms. The Morgan fingerprint density at radius 2 is 1.76 bits per heavy atom. The maximum absolute atomic E-state index is 12.6. The van der Waals surface area contributed by atoms with E-state index in [0.29, 0.717) is 37.0 Å². The predicted octanol–water partition coefficient (Wildman–Crippen LogP) is 3.92. The Kier molecular flexibility index (Phi) is 6.35. The third kappa shape index (κ3) is 4.97. The molecular weight excluding hydrogens is 336 g/mol. The summed E-state index contributed by atoms with van der Waals surface area (Å²) in [6.07, 6.45) is 8.26. The topological polar surface area (TPSA) is 49.4 Å². The molecule has 3 rings (SSSR count). The Hall–Kier alpha value is -1.55. The van der Waals surface area contributed by atoms with Gasteiger partial charge in [0.2, 0.25) is 11.8 Å². The van der Waals surface area contributed by atoms with Gasteiger partial charge >= 0.3 is 0 Å². The van der Waals surface area contributed by atoms with Crippen LogP contribution in [0.2, 0.25) is 5.02 Å². The molecule has 25 heavy (non-hydrogen) atoms. The van der Waals surface area contributed by atoms with Crippen molar-refractivity contribution in [3.63, 3.8) is 0 Å². The molecule has 1 saturated carbocycles. The minimum Gasteiger partial charge on any atom is -0.352 e. The molecule has 4 nitrogen and oxygen atoms in total. The highest BCUT2D eigenvalue weighted by Gasteiger charge is 2.34. The zero-order valence-corrected chi connectivity index (χ0v) is 15.4. The fraction of sp³-hybridized carbons (Fsp3) is 0.600. The standard InChI is InChI=1S/C20H27ClN2O2/c21-17-10-7-15(8-11-17)13-22-20(25)16-9-12-19(24)23(14-16)18-5-3-1-2-4-6-18/h7-8,10-11,16,18H,1-6,9,12-14H2,(H,22,25)/t16-/m0/s1. The first-order valence-corrected chi connectivity index (χ1v) is 9.83. The van der Waals surface area contributed by atoms with Crippen LogP contribution < -0.4 is 5.32 Å². The third-order valence-electron chi connectivity index (χ3n) is 5.46. The van der Waals surface area contributed by atoms with Crippen molar-refractivity contribution in [3.05, 3.63) is 34.9 Å². The summed E-state index contributed by atoms with van der Waals surface area (Å²) in [7, 11) is 0. The predicted molar refractivity (Wildman–Crippen MR) is 99.2 cm³/mol. The normalized spacial score (nSPS) is 22.5. The number of benzene rings is 1. The van der Waals surface area contributed by atoms with E-state index in [1.165, 1.54) is 25.7 Å². The van der Waals surface area contributed by atoms with Crippen LogP contribution in [0.25, 0.3) is 0 Å². The Morgan fingerprint density at radius 3 is 2.44 bits per heavy atom. The lowest BCUT2D eigenvalue weighted by Gasteiger charge is -2.37. The number of nitrogens with one attached hydrogen (secondary N) is 1. The van der Waals surface area contributed by atoms with Gasteiger partial charge in [0.1, 0.15) is 0 Å². The average molecular weight is 363 g/mol. The lowest BCUT2D eigenvalue weighted by atomic mass is 9.93. The highest BCUT2D eigenvalue weighted by atomic mass is 35.5. The van der Waals surface area contributed by atoms with Crippen LogP contribution in [0, 0.1) is 5.92 Å². The van der Waals surface area contributed by atoms with Gasteiger partial charge in [-0.3, -0.25) is 9.59 Å². The van der Waals surface area contributed by atoms with E-state index in [-0.39, 0.29) is 17.7 Å². The Bertz CT molecular complexity index is 594. The summed E-state index contributed by atoms with van der Waals surface area (Å²) in [5, 5.41) is 3.71. The first kappa shape index (κ1) is 18.2. The summed E-state index contributed by atoms with van der Waals surface area (Å²) >= 11 is 5.89. The number of piperidine rings is 1. The Labute approximate surface area is 154 Å². The van der Waals surface area contributed by atoms with Gasteiger partial charge in [-0.2, -0.15) is 0 Å². The van der Waals surface area contributed by atoms with Crippen LogP contribution >= 0.6 is 11.6 Å². The summed E-state index contributed by atoms with van der Waals surface area (Å²) in [5.41, 5.74) is 1.03. The van der Waals surface area contributed by atoms with Gasteiger partial charge in [0.15, 0.2) is 0 Å². The smallest absolute Gasteiger partial charge is 0.225 e. The number of carbonyl (C=O) groups is 2. The molecule has 1 aromatic rings. The first-order chi connectivity index (χ1) is 12.1. The molecule has 136 valence electrons. The van der Waals surface area contributed by atoms with Crippen molar-refractivity contribution in [1.29, 1.82) is 0 Å². The van der Waals surface area contributed by atoms with E-state index < -0.39 is 0 Å². The lowest BCUT2D eigenvalue weighted by Crippen LogP contribution is -2.49. The zero-order valence-electron chi connectivity index (χ0n) is 14.7. The minimum absolute atomic E-state index is 0.0565. The molecule has 1 aliphatic heterocycles. The van der Waals surface area contributed by atoms with E-state index in [9.17, 15) is 9.59 Å². The zero-order chi connectivity index (χ0) is 17.6. The molecular formula is C20H27ClN2O2. The van der Waals surface area contributed by atoms with E-state index in [2.05, 4.69) is 5.32 Å². The van der Waals surface area contributed by atoms with Gasteiger partial charge in [0.25, 0.3) is 0 Å². The largest absolute Gasteiger partial charge is 0.352 e. The summed E-state index contributed by atoms with van der Waals surface area (Å²) in [5.74, 6) is 0.197. The van der Waals surface area contributed by atoms with Gasteiger partial charge < -0.3 is 10.2 Å². The molecule has 1 saturated heterocycles. The number of halogens is 1. The van der Waals surface area contributed by atoms with Crippen LogP contribution in [0.15, 0.2) is 24.3 Å². The molecule has 1 heterocycles. The number of nitrogens with zero attached hydrogens (tertiary/aromatic N) is 1. The van der Waals surface area contributed by atoms with Crippen LogP contribution in [0.4, 0.5) is 0 Å². The van der Waals surface area contributed by atoms with Crippen molar-refractivity contribution in [2.45, 2.75) is 64.0 Å². The number of hydrogen-bond donors (Lipinski definition) is 1. The van der Waals surface area contributed by atoms with Crippen LogP contribution in [0.3, 0.4) is 0 Å². The van der Waals surface area contributed by atoms with Crippen molar-refractivity contribution in [2.24, 2.45) is 5.92 Å². The van der Waals surface area contributed by atoms with E-state index in [1.807, 2.05) is 29.2 Å². The lowest BCUT2D eigenvalue weighted by molar-refractivity contribution is -0.141. The molecule has 0 radical (unpaired) electrons. The SMILES string of the molecule is O=C(NCc1ccc(Cl)cc1)[C@H]1CCC(=O)N(C2CCCCCC2)C1. The summed E-state index contributed by atoms with van der Waals surface area (Å²) in [4.78, 5) is 26.9. The molecule has 1 atom stereocenters. The molecule has 0 aromatic heterocycles. The second-order valence-electron chi connectivity index (χ2n) is 7.27. The molecule has 1 aromatic carbocycles. The average Bonchev–Trinajstić information content (AvgIpc) is 2.91. The third-order valence-corrected chi connectivity index (χ3v) is 5.71. The van der Waals surface area contributed by atoms with Crippen molar-refractivity contribution in [2.75, 3.05) is 6.54 Å². The number of likely N-dealkylation sites (tertiary alicyclic amines) is 1. The second-order valence-corrected chi connectivity index (χ2v) is 7.71. The highest BCUT2D eigenvalue weighted by molar-refractivity contribution is 6.30. The van der Waals surface area contributed by atoms with Crippen LogP contribution in [-0.4, -0.2) is 29.3 Å². The maximum Gasteiger partial charge on any atom is 0.225 e. The minimum atomic E-state index is -0.0896. The van der Waals surface area contributed by atoms with Crippen molar-refractivity contribution >= 4 is 23.4 Å². The van der Waals surface area contributed by atoms with Crippen LogP contribution in [-0.2, 0) is 16.1 Å². The van der Waals surface area contributed by atoms with Crippen LogP contribution in [0.5, 0.6) is 0 Å². The van der Waals surface area contributed by atoms with Crippen molar-refractivity contribution < 1.29 is 9.59 Å². The molecule has 5 heteroatoms. The van der Waals surface area contributed by atoms with E-state index >= 15 is 0 Å². The first-order valence-electron chi connectivity index (χ1n) is 9.45. The number of amides is 2. The van der Waals surface area contributed by atoms with Gasteiger partial charge in [0.05, 0.1) is 5.92 Å². The van der Waals surface area contributed by atoms with E-state index in [0.717, 1.165) is 18.4 Å². The number of carbonyl (C=O) groups excluding carboxylic acids is 2. The van der Waals surface area contributed by atoms with E-state index in [1.54, 1.807) is 0 Å². The fourth-order valence-corrected chi connectivity index (χ4v) is 4.07. The summed E-state index contributed by atoms with van der Waals surface area (Å²) < 4.78 is 0. The molecule has 2 fully saturated rings. The monoisotopic (exact) mass is 362 g/mol. The van der Waals surface area contributed by atoms with Crippen molar-refractivity contribution in [1.82, 2.24) is 10.2 Å². The van der Waals surface area contributed by atoms with Crippen LogP contribution in [0.1, 0.15) is 56.9 Å². The molecule has 1 N–H and O–H groups in total. The van der Waals surface area contributed by atoms with Gasteiger partial charge in [-0.15, -0.1) is 0 Å². The second kappa shape index (κ2) is 8.70. The molecule has 2 aliphatic rings. The van der Waals surface area contributed by atoms with Gasteiger partial charge in [0, 0.05) is 30.6 Å². The Balaban J connectivity index is 1.55. The number of hydrogen-bond acceptors (Lipinski definition) is 2. The van der Waals surface area contributed by atoms with Gasteiger partial charge in [-0.25, -0.2) is 0 Å². The number of rotatable bonds is 4. The summed E-state index contributed by atoms with van der Waals surface area (Å²) in [6, 6.07) is 7.84. The quantitative estimate of drug-likeness (QED) is 0.825. The highest BCUT2D eigenvalue weighted by Crippen LogP contribution is 2.27. The Morgan fingerprint density at radius 1 is 1.08 bits per heavy atom. The molecule has 2 amide bonds. The van der Waals surface area contributed by atoms with Crippen molar-refractivity contribution in [3.8, 4) is 0 Å².